The summed E-state index contributed by atoms with van der Waals surface area (Å²) < 4.78 is 37.9. The van der Waals surface area contributed by atoms with E-state index in [0.29, 0.717) is 12.5 Å². The van der Waals surface area contributed by atoms with E-state index in [4.69, 9.17) is 5.73 Å². The molecule has 0 aliphatic rings. The zero-order valence-corrected chi connectivity index (χ0v) is 10.5. The summed E-state index contributed by atoms with van der Waals surface area (Å²) in [6.45, 7) is 0.463. The first kappa shape index (κ1) is 15.3. The number of nitrogens with zero attached hydrogens (tertiary/aromatic N) is 1. The minimum absolute atomic E-state index is 0.0899. The summed E-state index contributed by atoms with van der Waals surface area (Å²) in [6.07, 6.45) is -4.84. The molecule has 106 valence electrons. The van der Waals surface area contributed by atoms with Crippen LogP contribution in [0.2, 0.25) is 0 Å². The van der Waals surface area contributed by atoms with Gasteiger partial charge in [0.05, 0.1) is 0 Å². The van der Waals surface area contributed by atoms with Crippen molar-refractivity contribution < 1.29 is 23.1 Å². The zero-order chi connectivity index (χ0) is 14.8. The predicted octanol–water partition coefficient (Wildman–Crippen LogP) is 1.63. The molecule has 4 nitrogen and oxygen atoms in total. The van der Waals surface area contributed by atoms with Gasteiger partial charge in [0.2, 0.25) is 0 Å². The summed E-state index contributed by atoms with van der Waals surface area (Å²) in [5.41, 5.74) is 2.44. The standard InChI is InChI=1S/C12H15F3N2O2/c1-11(16,12(13,14)15)10(19)17(2)7-8-5-3-4-6-9(8)18/h3-6,18H,7,16H2,1-2H3. The van der Waals surface area contributed by atoms with Crippen molar-refractivity contribution in [1.82, 2.24) is 4.90 Å². The fraction of sp³-hybridized carbons (Fsp3) is 0.417. The Kier molecular flexibility index (Phi) is 4.09. The molecule has 1 aromatic rings. The largest absolute Gasteiger partial charge is 0.508 e. The van der Waals surface area contributed by atoms with Gasteiger partial charge in [0.1, 0.15) is 5.75 Å². The highest BCUT2D eigenvalue weighted by Crippen LogP contribution is 2.30. The Hall–Kier alpha value is -1.76. The molecule has 0 bridgehead atoms. The molecule has 7 heteroatoms. The van der Waals surface area contributed by atoms with Crippen LogP contribution in [0.25, 0.3) is 0 Å². The smallest absolute Gasteiger partial charge is 0.415 e. The van der Waals surface area contributed by atoms with Crippen LogP contribution < -0.4 is 5.73 Å². The lowest BCUT2D eigenvalue weighted by Gasteiger charge is -2.31. The molecular formula is C12H15F3N2O2. The van der Waals surface area contributed by atoms with Crippen molar-refractivity contribution >= 4 is 5.91 Å². The molecule has 3 N–H and O–H groups in total. The van der Waals surface area contributed by atoms with E-state index in [1.54, 1.807) is 12.1 Å². The summed E-state index contributed by atoms with van der Waals surface area (Å²) in [5, 5.41) is 9.51. The number of nitrogens with two attached hydrogens (primary N) is 1. The average molecular weight is 276 g/mol. The van der Waals surface area contributed by atoms with Gasteiger partial charge in [0.25, 0.3) is 5.91 Å². The third-order valence-electron chi connectivity index (χ3n) is 2.78. The first-order chi connectivity index (χ1) is 8.57. The Balaban J connectivity index is 2.88. The second-order valence-electron chi connectivity index (χ2n) is 4.49. The molecule has 0 heterocycles. The number of halogens is 3. The normalized spacial score (nSPS) is 14.8. The SMILES string of the molecule is CN(Cc1ccccc1O)C(=O)C(C)(N)C(F)(F)F. The number of para-hydroxylation sites is 1. The van der Waals surface area contributed by atoms with Gasteiger partial charge in [-0.1, -0.05) is 18.2 Å². The van der Waals surface area contributed by atoms with E-state index in [9.17, 15) is 23.1 Å². The van der Waals surface area contributed by atoms with Crippen molar-refractivity contribution in [2.45, 2.75) is 25.2 Å². The maximum Gasteiger partial charge on any atom is 0.415 e. The van der Waals surface area contributed by atoms with E-state index >= 15 is 0 Å². The first-order valence-corrected chi connectivity index (χ1v) is 5.45. The quantitative estimate of drug-likeness (QED) is 0.881. The Bertz CT molecular complexity index is 472. The van der Waals surface area contributed by atoms with Crippen LogP contribution in [0.1, 0.15) is 12.5 Å². The van der Waals surface area contributed by atoms with Gasteiger partial charge in [0, 0.05) is 19.2 Å². The maximum absolute atomic E-state index is 12.6. The number of alkyl halides is 3. The Morgan fingerprint density at radius 1 is 1.37 bits per heavy atom. The lowest BCUT2D eigenvalue weighted by atomic mass is 10.0. The summed E-state index contributed by atoms with van der Waals surface area (Å²) >= 11 is 0. The van der Waals surface area contributed by atoms with Crippen molar-refractivity contribution in [1.29, 1.82) is 0 Å². The number of hydrogen-bond donors (Lipinski definition) is 2. The number of benzene rings is 1. The predicted molar refractivity (Wildman–Crippen MR) is 63.2 cm³/mol. The summed E-state index contributed by atoms with van der Waals surface area (Å²) in [6, 6.07) is 6.09. The van der Waals surface area contributed by atoms with Gasteiger partial charge in [-0.2, -0.15) is 13.2 Å². The van der Waals surface area contributed by atoms with Crippen LogP contribution in [0.4, 0.5) is 13.2 Å². The van der Waals surface area contributed by atoms with Crippen LogP contribution >= 0.6 is 0 Å². The molecule has 0 spiro atoms. The Morgan fingerprint density at radius 2 is 1.89 bits per heavy atom. The van der Waals surface area contributed by atoms with Gasteiger partial charge in [-0.3, -0.25) is 4.79 Å². The number of rotatable bonds is 3. The molecule has 1 aromatic carbocycles. The van der Waals surface area contributed by atoms with Gasteiger partial charge in [0.15, 0.2) is 5.54 Å². The molecule has 0 aliphatic carbocycles. The number of phenols is 1. The summed E-state index contributed by atoms with van der Waals surface area (Å²) in [7, 11) is 1.20. The molecule has 0 fully saturated rings. The lowest BCUT2D eigenvalue weighted by Crippen LogP contribution is -2.61. The zero-order valence-electron chi connectivity index (χ0n) is 10.5. The van der Waals surface area contributed by atoms with Gasteiger partial charge in [-0.05, 0) is 13.0 Å². The van der Waals surface area contributed by atoms with E-state index in [-0.39, 0.29) is 12.3 Å². The number of carbonyl (C=O) groups is 1. The van der Waals surface area contributed by atoms with Crippen LogP contribution in [0.5, 0.6) is 5.75 Å². The van der Waals surface area contributed by atoms with E-state index in [1.807, 2.05) is 0 Å². The molecule has 19 heavy (non-hydrogen) atoms. The third-order valence-corrected chi connectivity index (χ3v) is 2.78. The minimum atomic E-state index is -4.84. The van der Waals surface area contributed by atoms with Crippen LogP contribution in [0, 0.1) is 0 Å². The lowest BCUT2D eigenvalue weighted by molar-refractivity contribution is -0.193. The highest BCUT2D eigenvalue weighted by Gasteiger charge is 2.54. The molecule has 1 atom stereocenters. The van der Waals surface area contributed by atoms with Crippen molar-refractivity contribution in [3.05, 3.63) is 29.8 Å². The molecule has 0 aliphatic heterocycles. The summed E-state index contributed by atoms with van der Waals surface area (Å²) in [4.78, 5) is 12.6. The Labute approximate surface area is 108 Å². The molecule has 0 aromatic heterocycles. The fourth-order valence-corrected chi connectivity index (χ4v) is 1.49. The average Bonchev–Trinajstić information content (AvgIpc) is 2.29. The molecule has 1 rings (SSSR count). The highest BCUT2D eigenvalue weighted by molar-refractivity contribution is 5.86. The second kappa shape index (κ2) is 5.08. The molecule has 0 saturated heterocycles. The fourth-order valence-electron chi connectivity index (χ4n) is 1.49. The van der Waals surface area contributed by atoms with Gasteiger partial charge in [-0.15, -0.1) is 0 Å². The van der Waals surface area contributed by atoms with Crippen LogP contribution in [-0.4, -0.2) is 34.7 Å². The number of amides is 1. The second-order valence-corrected chi connectivity index (χ2v) is 4.49. The van der Waals surface area contributed by atoms with E-state index in [2.05, 4.69) is 0 Å². The molecule has 0 saturated carbocycles. The van der Waals surface area contributed by atoms with Gasteiger partial charge in [-0.25, -0.2) is 0 Å². The number of carbonyl (C=O) groups excluding carboxylic acids is 1. The van der Waals surface area contributed by atoms with Crippen molar-refractivity contribution in [2.75, 3.05) is 7.05 Å². The first-order valence-electron chi connectivity index (χ1n) is 5.45. The van der Waals surface area contributed by atoms with Crippen molar-refractivity contribution in [3.8, 4) is 5.75 Å². The number of aromatic hydroxyl groups is 1. The topological polar surface area (TPSA) is 66.6 Å². The van der Waals surface area contributed by atoms with E-state index < -0.39 is 17.6 Å². The molecule has 0 radical (unpaired) electrons. The summed E-state index contributed by atoms with van der Waals surface area (Å²) in [5.74, 6) is -1.35. The minimum Gasteiger partial charge on any atom is -0.508 e. The molecule has 1 amide bonds. The van der Waals surface area contributed by atoms with Gasteiger partial charge < -0.3 is 15.7 Å². The van der Waals surface area contributed by atoms with Crippen LogP contribution in [0.15, 0.2) is 24.3 Å². The number of likely N-dealkylation sites (N-methyl/N-ethyl adjacent to an activating group) is 1. The van der Waals surface area contributed by atoms with Crippen LogP contribution in [0.3, 0.4) is 0 Å². The number of phenolic OH excluding ortho intramolecular Hbond substituents is 1. The maximum atomic E-state index is 12.6. The Morgan fingerprint density at radius 3 is 2.37 bits per heavy atom. The van der Waals surface area contributed by atoms with E-state index in [0.717, 1.165) is 4.90 Å². The third kappa shape index (κ3) is 3.17. The molecular weight excluding hydrogens is 261 g/mol. The monoisotopic (exact) mass is 276 g/mol. The van der Waals surface area contributed by atoms with Crippen molar-refractivity contribution in [3.63, 3.8) is 0 Å². The van der Waals surface area contributed by atoms with Crippen LogP contribution in [-0.2, 0) is 11.3 Å². The molecule has 1 unspecified atom stereocenters. The van der Waals surface area contributed by atoms with Gasteiger partial charge >= 0.3 is 6.18 Å². The number of hydrogen-bond acceptors (Lipinski definition) is 3. The van der Waals surface area contributed by atoms with E-state index in [1.165, 1.54) is 19.2 Å². The highest BCUT2D eigenvalue weighted by atomic mass is 19.4. The van der Waals surface area contributed by atoms with Crippen molar-refractivity contribution in [2.24, 2.45) is 5.73 Å².